The van der Waals surface area contributed by atoms with E-state index in [-0.39, 0.29) is 25.3 Å². The van der Waals surface area contributed by atoms with E-state index in [0.29, 0.717) is 12.2 Å². The number of benzene rings is 2. The number of hydrogen-bond donors (Lipinski definition) is 2. The first kappa shape index (κ1) is 21.4. The number of piperazine rings is 1. The van der Waals surface area contributed by atoms with Gasteiger partial charge in [-0.05, 0) is 36.6 Å². The largest absolute Gasteiger partial charge is 0.493 e. The molecule has 2 heterocycles. The number of primary amides is 1. The van der Waals surface area contributed by atoms with Gasteiger partial charge in [0.2, 0.25) is 5.91 Å². The maximum absolute atomic E-state index is 15.3. The summed E-state index contributed by atoms with van der Waals surface area (Å²) >= 11 is 5.88. The summed E-state index contributed by atoms with van der Waals surface area (Å²) in [6, 6.07) is 8.97. The smallest absolute Gasteiger partial charge is 0.315 e. The number of urea groups is 1. The van der Waals surface area contributed by atoms with E-state index in [2.05, 4.69) is 5.32 Å². The fourth-order valence-electron chi connectivity index (χ4n) is 4.83. The molecular weight excluding hydrogens is 428 g/mol. The minimum Gasteiger partial charge on any atom is -0.493 e. The third-order valence-corrected chi connectivity index (χ3v) is 6.64. The Kier molecular flexibility index (Phi) is 5.51. The zero-order chi connectivity index (χ0) is 22.3. The van der Waals surface area contributed by atoms with Crippen LogP contribution >= 0.6 is 11.6 Å². The van der Waals surface area contributed by atoms with Crippen LogP contribution in [0.25, 0.3) is 0 Å². The number of ether oxygens (including phenoxy) is 1. The molecule has 6 nitrogen and oxygen atoms in total. The molecule has 0 aliphatic carbocycles. The van der Waals surface area contributed by atoms with Crippen molar-refractivity contribution in [3.05, 3.63) is 64.2 Å². The predicted octanol–water partition coefficient (Wildman–Crippen LogP) is 3.22. The lowest BCUT2D eigenvalue weighted by Crippen LogP contribution is -2.69. The first-order chi connectivity index (χ1) is 14.7. The van der Waals surface area contributed by atoms with Crippen molar-refractivity contribution >= 4 is 23.5 Å². The number of hydrogen-bond acceptors (Lipinski definition) is 3. The molecule has 1 fully saturated rings. The Labute approximate surface area is 183 Å². The SMILES string of the molecule is CC1([C@H](c2ccc(F)c(Cl)c2F)[C@H]2COc3ccccc3C2)C(=O)NCCN1C(N)=O. The van der Waals surface area contributed by atoms with Crippen LogP contribution in [0.4, 0.5) is 13.6 Å². The average molecular weight is 450 g/mol. The van der Waals surface area contributed by atoms with Crippen LogP contribution in [0, 0.1) is 17.6 Å². The molecule has 2 aliphatic heterocycles. The van der Waals surface area contributed by atoms with Crippen molar-refractivity contribution in [3.63, 3.8) is 0 Å². The number of halogens is 3. The van der Waals surface area contributed by atoms with Gasteiger partial charge in [0.05, 0.1) is 6.61 Å². The molecule has 2 aliphatic rings. The molecule has 0 saturated carbocycles. The number of para-hydroxylation sites is 1. The van der Waals surface area contributed by atoms with Gasteiger partial charge < -0.3 is 20.7 Å². The number of carbonyl (C=O) groups is 2. The molecule has 3 atom stereocenters. The molecule has 1 saturated heterocycles. The van der Waals surface area contributed by atoms with E-state index in [0.717, 1.165) is 11.6 Å². The number of nitrogens with zero attached hydrogens (tertiary/aromatic N) is 1. The van der Waals surface area contributed by atoms with Crippen molar-refractivity contribution in [2.45, 2.75) is 24.8 Å². The van der Waals surface area contributed by atoms with Gasteiger partial charge in [-0.3, -0.25) is 4.79 Å². The van der Waals surface area contributed by atoms with Gasteiger partial charge in [0.25, 0.3) is 0 Å². The Morgan fingerprint density at radius 3 is 2.81 bits per heavy atom. The van der Waals surface area contributed by atoms with E-state index in [1.54, 1.807) is 6.92 Å². The molecule has 31 heavy (non-hydrogen) atoms. The molecule has 0 aromatic heterocycles. The number of rotatable bonds is 3. The highest BCUT2D eigenvalue weighted by Crippen LogP contribution is 2.46. The first-order valence-electron chi connectivity index (χ1n) is 9.94. The van der Waals surface area contributed by atoms with Crippen molar-refractivity contribution < 1.29 is 23.1 Å². The summed E-state index contributed by atoms with van der Waals surface area (Å²) in [5.74, 6) is -2.94. The monoisotopic (exact) mass is 449 g/mol. The van der Waals surface area contributed by atoms with Crippen LogP contribution in [-0.4, -0.2) is 42.1 Å². The van der Waals surface area contributed by atoms with Crippen LogP contribution in [-0.2, 0) is 11.2 Å². The Hall–Kier alpha value is -2.87. The summed E-state index contributed by atoms with van der Waals surface area (Å²) in [5.41, 5.74) is 5.00. The lowest BCUT2D eigenvalue weighted by atomic mass is 9.68. The van der Waals surface area contributed by atoms with E-state index in [4.69, 9.17) is 22.1 Å². The fraction of sp³-hybridized carbons (Fsp3) is 0.364. The zero-order valence-corrected chi connectivity index (χ0v) is 17.6. The van der Waals surface area contributed by atoms with Crippen LogP contribution in [0.15, 0.2) is 36.4 Å². The average Bonchev–Trinajstić information content (AvgIpc) is 2.75. The predicted molar refractivity (Wildman–Crippen MR) is 111 cm³/mol. The van der Waals surface area contributed by atoms with Crippen molar-refractivity contribution in [1.82, 2.24) is 10.2 Å². The third kappa shape index (κ3) is 3.48. The fourth-order valence-corrected chi connectivity index (χ4v) is 5.00. The second kappa shape index (κ2) is 8.00. The topological polar surface area (TPSA) is 84.7 Å². The Balaban J connectivity index is 1.89. The van der Waals surface area contributed by atoms with Crippen molar-refractivity contribution in [1.29, 1.82) is 0 Å². The molecule has 164 valence electrons. The summed E-state index contributed by atoms with van der Waals surface area (Å²) in [5, 5.41) is 2.09. The molecule has 9 heteroatoms. The summed E-state index contributed by atoms with van der Waals surface area (Å²) in [6.45, 7) is 2.11. The van der Waals surface area contributed by atoms with Gasteiger partial charge in [-0.15, -0.1) is 0 Å². The maximum atomic E-state index is 15.3. The van der Waals surface area contributed by atoms with E-state index in [1.165, 1.54) is 11.0 Å². The maximum Gasteiger partial charge on any atom is 0.315 e. The molecule has 1 unspecified atom stereocenters. The van der Waals surface area contributed by atoms with E-state index < -0.39 is 46.0 Å². The Morgan fingerprint density at radius 2 is 2.06 bits per heavy atom. The molecule has 3 N–H and O–H groups in total. The lowest BCUT2D eigenvalue weighted by Gasteiger charge is -2.50. The quantitative estimate of drug-likeness (QED) is 0.705. The lowest BCUT2D eigenvalue weighted by molar-refractivity contribution is -0.136. The zero-order valence-electron chi connectivity index (χ0n) is 16.8. The number of nitrogens with one attached hydrogen (secondary N) is 1. The summed E-state index contributed by atoms with van der Waals surface area (Å²) < 4.78 is 35.1. The molecule has 0 spiro atoms. The van der Waals surface area contributed by atoms with Crippen LogP contribution in [0.5, 0.6) is 5.75 Å². The van der Waals surface area contributed by atoms with Gasteiger partial charge in [0.1, 0.15) is 27.9 Å². The second-order valence-electron chi connectivity index (χ2n) is 8.02. The highest BCUT2D eigenvalue weighted by Gasteiger charge is 2.54. The Morgan fingerprint density at radius 1 is 1.32 bits per heavy atom. The van der Waals surface area contributed by atoms with Gasteiger partial charge in [-0.2, -0.15) is 0 Å². The van der Waals surface area contributed by atoms with Gasteiger partial charge in [-0.25, -0.2) is 13.6 Å². The van der Waals surface area contributed by atoms with E-state index in [1.807, 2.05) is 24.3 Å². The normalized spacial score (nSPS) is 24.1. The van der Waals surface area contributed by atoms with Crippen LogP contribution in [0.2, 0.25) is 5.02 Å². The summed E-state index contributed by atoms with van der Waals surface area (Å²) in [6.07, 6.45) is 0.463. The highest BCUT2D eigenvalue weighted by molar-refractivity contribution is 6.31. The Bertz CT molecular complexity index is 1050. The van der Waals surface area contributed by atoms with Crippen molar-refractivity contribution in [2.24, 2.45) is 11.7 Å². The number of amides is 3. The van der Waals surface area contributed by atoms with Gasteiger partial charge in [0, 0.05) is 24.9 Å². The number of nitrogens with two attached hydrogens (primary N) is 1. The second-order valence-corrected chi connectivity index (χ2v) is 8.40. The molecule has 2 aromatic carbocycles. The molecule has 2 aromatic rings. The molecular formula is C22H22ClF2N3O3. The van der Waals surface area contributed by atoms with Gasteiger partial charge in [0.15, 0.2) is 0 Å². The molecule has 3 amide bonds. The first-order valence-corrected chi connectivity index (χ1v) is 10.3. The van der Waals surface area contributed by atoms with Crippen LogP contribution in [0.1, 0.15) is 24.0 Å². The standard InChI is InChI=1S/C22H22ClF2N3O3/c1-22(20(29)27-8-9-28(22)21(26)30)17(14-6-7-15(24)18(23)19(14)25)13-10-12-4-2-3-5-16(12)31-11-13/h2-7,13,17H,8-11H2,1H3,(H2,26,30)(H,27,29)/t13-,17+,22?/m1/s1. The van der Waals surface area contributed by atoms with E-state index >= 15 is 4.39 Å². The van der Waals surface area contributed by atoms with Crippen LogP contribution in [0.3, 0.4) is 0 Å². The number of fused-ring (bicyclic) bond motifs is 1. The van der Waals surface area contributed by atoms with Crippen molar-refractivity contribution in [3.8, 4) is 5.75 Å². The van der Waals surface area contributed by atoms with Gasteiger partial charge in [-0.1, -0.05) is 35.9 Å². The van der Waals surface area contributed by atoms with Gasteiger partial charge >= 0.3 is 6.03 Å². The molecule has 0 bridgehead atoms. The summed E-state index contributed by atoms with van der Waals surface area (Å²) in [7, 11) is 0. The minimum absolute atomic E-state index is 0.0326. The molecule has 0 radical (unpaired) electrons. The van der Waals surface area contributed by atoms with Crippen LogP contribution < -0.4 is 15.8 Å². The highest BCUT2D eigenvalue weighted by atomic mass is 35.5. The summed E-state index contributed by atoms with van der Waals surface area (Å²) in [4.78, 5) is 26.7. The van der Waals surface area contributed by atoms with Crippen molar-refractivity contribution in [2.75, 3.05) is 19.7 Å². The third-order valence-electron chi connectivity index (χ3n) is 6.29. The minimum atomic E-state index is -1.54. The molecule has 4 rings (SSSR count). The number of carbonyl (C=O) groups excluding carboxylic acids is 2. The van der Waals surface area contributed by atoms with E-state index in [9.17, 15) is 14.0 Å².